The van der Waals surface area contributed by atoms with E-state index in [9.17, 15) is 9.59 Å². The summed E-state index contributed by atoms with van der Waals surface area (Å²) in [5.74, 6) is 0.393. The van der Waals surface area contributed by atoms with E-state index in [4.69, 9.17) is 4.74 Å². The second kappa shape index (κ2) is 10.8. The van der Waals surface area contributed by atoms with Crippen LogP contribution in [0.3, 0.4) is 0 Å². The van der Waals surface area contributed by atoms with Gasteiger partial charge in [-0.2, -0.15) is 0 Å². The van der Waals surface area contributed by atoms with Crippen molar-refractivity contribution in [1.82, 2.24) is 0 Å². The Balaban J connectivity index is 1.27. The largest absolute Gasteiger partial charge is 0.489 e. The van der Waals surface area contributed by atoms with Crippen molar-refractivity contribution in [3.63, 3.8) is 0 Å². The van der Waals surface area contributed by atoms with Crippen LogP contribution in [0.1, 0.15) is 21.5 Å². The van der Waals surface area contributed by atoms with Crippen LogP contribution in [0, 0.1) is 0 Å². The number of ether oxygens (including phenoxy) is 1. The van der Waals surface area contributed by atoms with Crippen molar-refractivity contribution in [2.45, 2.75) is 13.0 Å². The van der Waals surface area contributed by atoms with Crippen molar-refractivity contribution in [3.05, 3.63) is 126 Å². The number of anilines is 2. The molecule has 0 atom stereocenters. The number of benzene rings is 4. The van der Waals surface area contributed by atoms with Crippen molar-refractivity contribution < 1.29 is 14.3 Å². The Labute approximate surface area is 193 Å². The van der Waals surface area contributed by atoms with Crippen LogP contribution in [0.2, 0.25) is 0 Å². The summed E-state index contributed by atoms with van der Waals surface area (Å²) in [7, 11) is 0. The zero-order chi connectivity index (χ0) is 22.9. The van der Waals surface area contributed by atoms with Gasteiger partial charge in [0, 0.05) is 16.9 Å². The minimum Gasteiger partial charge on any atom is -0.489 e. The molecule has 33 heavy (non-hydrogen) atoms. The topological polar surface area (TPSA) is 67.4 Å². The van der Waals surface area contributed by atoms with Gasteiger partial charge in [0.15, 0.2) is 0 Å². The summed E-state index contributed by atoms with van der Waals surface area (Å²) in [6.07, 6.45) is 0.310. The highest BCUT2D eigenvalue weighted by molar-refractivity contribution is 6.04. The Morgan fingerprint density at radius 2 is 1.15 bits per heavy atom. The quantitative estimate of drug-likeness (QED) is 0.372. The summed E-state index contributed by atoms with van der Waals surface area (Å²) in [4.78, 5) is 24.7. The molecule has 5 heteroatoms. The molecule has 0 aliphatic carbocycles. The molecule has 0 radical (unpaired) electrons. The van der Waals surface area contributed by atoms with E-state index in [1.165, 1.54) is 0 Å². The molecule has 4 rings (SSSR count). The molecule has 164 valence electrons. The summed E-state index contributed by atoms with van der Waals surface area (Å²) in [6, 6.07) is 33.5. The summed E-state index contributed by atoms with van der Waals surface area (Å²) in [5, 5.41) is 5.73. The van der Waals surface area contributed by atoms with Crippen molar-refractivity contribution in [2.24, 2.45) is 0 Å². The molecular formula is C28H24N2O3. The third-order valence-corrected chi connectivity index (χ3v) is 5.00. The molecule has 0 saturated heterocycles. The fraction of sp³-hybridized carbons (Fsp3) is 0.0714. The van der Waals surface area contributed by atoms with Gasteiger partial charge in [0.1, 0.15) is 12.4 Å². The Morgan fingerprint density at radius 1 is 0.606 bits per heavy atom. The molecule has 0 unspecified atom stereocenters. The average Bonchev–Trinajstić information content (AvgIpc) is 2.85. The Morgan fingerprint density at radius 3 is 1.76 bits per heavy atom. The van der Waals surface area contributed by atoms with Crippen LogP contribution in [0.4, 0.5) is 11.4 Å². The Bertz CT molecular complexity index is 1190. The lowest BCUT2D eigenvalue weighted by Gasteiger charge is -2.09. The molecule has 4 aromatic carbocycles. The van der Waals surface area contributed by atoms with Gasteiger partial charge in [-0.05, 0) is 59.7 Å². The molecule has 2 N–H and O–H groups in total. The average molecular weight is 437 g/mol. The monoisotopic (exact) mass is 436 g/mol. The number of amides is 2. The second-order valence-electron chi connectivity index (χ2n) is 7.54. The molecular weight excluding hydrogens is 412 g/mol. The van der Waals surface area contributed by atoms with Gasteiger partial charge in [0.2, 0.25) is 5.91 Å². The summed E-state index contributed by atoms with van der Waals surface area (Å²) >= 11 is 0. The second-order valence-corrected chi connectivity index (χ2v) is 7.54. The number of hydrogen-bond donors (Lipinski definition) is 2. The molecule has 0 bridgehead atoms. The van der Waals surface area contributed by atoms with Gasteiger partial charge < -0.3 is 15.4 Å². The fourth-order valence-electron chi connectivity index (χ4n) is 3.27. The molecule has 0 fully saturated rings. The summed E-state index contributed by atoms with van der Waals surface area (Å²) in [5.41, 5.74) is 3.89. The first-order chi connectivity index (χ1) is 16.2. The van der Waals surface area contributed by atoms with E-state index in [0.717, 1.165) is 11.1 Å². The van der Waals surface area contributed by atoms with E-state index in [1.807, 2.05) is 60.7 Å². The molecule has 0 aromatic heterocycles. The molecule has 0 spiro atoms. The zero-order valence-electron chi connectivity index (χ0n) is 18.0. The first-order valence-electron chi connectivity index (χ1n) is 10.7. The van der Waals surface area contributed by atoms with Crippen molar-refractivity contribution >= 4 is 23.2 Å². The van der Waals surface area contributed by atoms with Crippen molar-refractivity contribution in [2.75, 3.05) is 10.6 Å². The number of hydrogen-bond acceptors (Lipinski definition) is 3. The summed E-state index contributed by atoms with van der Waals surface area (Å²) < 4.78 is 5.76. The highest BCUT2D eigenvalue weighted by Crippen LogP contribution is 2.18. The maximum absolute atomic E-state index is 12.5. The molecule has 5 nitrogen and oxygen atoms in total. The van der Waals surface area contributed by atoms with Crippen LogP contribution in [0.15, 0.2) is 109 Å². The number of carbonyl (C=O) groups excluding carboxylic acids is 2. The van der Waals surface area contributed by atoms with Gasteiger partial charge in [0.05, 0.1) is 6.42 Å². The Hall–Kier alpha value is -4.38. The third kappa shape index (κ3) is 6.55. The smallest absolute Gasteiger partial charge is 0.255 e. The first-order valence-corrected chi connectivity index (χ1v) is 10.7. The van der Waals surface area contributed by atoms with Crippen LogP contribution in [-0.2, 0) is 17.8 Å². The standard InChI is InChI=1S/C28H24N2O3/c31-27(19-21-7-3-1-4-8-21)29-24-13-15-25(16-14-24)30-28(32)23-11-17-26(18-12-23)33-20-22-9-5-2-6-10-22/h1-18H,19-20H2,(H,29,31)(H,30,32). The molecule has 4 aromatic rings. The van der Waals surface area contributed by atoms with E-state index >= 15 is 0 Å². The van der Waals surface area contributed by atoms with Crippen LogP contribution in [-0.4, -0.2) is 11.8 Å². The lowest BCUT2D eigenvalue weighted by Crippen LogP contribution is -2.14. The predicted octanol–water partition coefficient (Wildman–Crippen LogP) is 5.70. The maximum atomic E-state index is 12.5. The molecule has 0 heterocycles. The highest BCUT2D eigenvalue weighted by atomic mass is 16.5. The van der Waals surface area contributed by atoms with Gasteiger partial charge in [-0.25, -0.2) is 0 Å². The summed E-state index contributed by atoms with van der Waals surface area (Å²) in [6.45, 7) is 0.473. The van der Waals surface area contributed by atoms with Gasteiger partial charge >= 0.3 is 0 Å². The molecule has 0 saturated carbocycles. The van der Waals surface area contributed by atoms with Crippen LogP contribution >= 0.6 is 0 Å². The number of nitrogens with one attached hydrogen (secondary N) is 2. The lowest BCUT2D eigenvalue weighted by atomic mass is 10.1. The van der Waals surface area contributed by atoms with E-state index in [2.05, 4.69) is 10.6 Å². The minimum atomic E-state index is -0.217. The first kappa shape index (κ1) is 21.8. The number of rotatable bonds is 8. The minimum absolute atomic E-state index is 0.0902. The van der Waals surface area contributed by atoms with Crippen LogP contribution < -0.4 is 15.4 Å². The van der Waals surface area contributed by atoms with E-state index in [-0.39, 0.29) is 11.8 Å². The van der Waals surface area contributed by atoms with E-state index < -0.39 is 0 Å². The van der Waals surface area contributed by atoms with Crippen LogP contribution in [0.25, 0.3) is 0 Å². The Kier molecular flexibility index (Phi) is 7.13. The van der Waals surface area contributed by atoms with Gasteiger partial charge in [-0.15, -0.1) is 0 Å². The van der Waals surface area contributed by atoms with Gasteiger partial charge in [-0.1, -0.05) is 60.7 Å². The highest BCUT2D eigenvalue weighted by Gasteiger charge is 2.08. The van der Waals surface area contributed by atoms with Gasteiger partial charge in [0.25, 0.3) is 5.91 Å². The lowest BCUT2D eigenvalue weighted by molar-refractivity contribution is -0.115. The molecule has 2 amide bonds. The third-order valence-electron chi connectivity index (χ3n) is 5.00. The predicted molar refractivity (Wildman–Crippen MR) is 130 cm³/mol. The molecule has 0 aliphatic rings. The number of carbonyl (C=O) groups is 2. The zero-order valence-corrected chi connectivity index (χ0v) is 18.0. The molecule has 0 aliphatic heterocycles. The van der Waals surface area contributed by atoms with Crippen molar-refractivity contribution in [3.8, 4) is 5.75 Å². The van der Waals surface area contributed by atoms with Crippen LogP contribution in [0.5, 0.6) is 5.75 Å². The van der Waals surface area contributed by atoms with E-state index in [0.29, 0.717) is 35.7 Å². The van der Waals surface area contributed by atoms with Gasteiger partial charge in [-0.3, -0.25) is 9.59 Å². The maximum Gasteiger partial charge on any atom is 0.255 e. The SMILES string of the molecule is O=C(Cc1ccccc1)Nc1ccc(NC(=O)c2ccc(OCc3ccccc3)cc2)cc1. The van der Waals surface area contributed by atoms with Crippen molar-refractivity contribution in [1.29, 1.82) is 0 Å². The fourth-order valence-corrected chi connectivity index (χ4v) is 3.27. The van der Waals surface area contributed by atoms with E-state index in [1.54, 1.807) is 48.5 Å². The normalized spacial score (nSPS) is 10.3.